The molecule has 1 rings (SSSR count). The third kappa shape index (κ3) is 1.39. The van der Waals surface area contributed by atoms with Crippen molar-refractivity contribution in [3.8, 4) is 0 Å². The fraction of sp³-hybridized carbons (Fsp3) is 0.857. The third-order valence-electron chi connectivity index (χ3n) is 1.88. The molecular weight excluding hydrogens is 114 g/mol. The third-order valence-corrected chi connectivity index (χ3v) is 1.88. The number of nitrogens with zero attached hydrogens (tertiary/aromatic N) is 1. The summed E-state index contributed by atoms with van der Waals surface area (Å²) in [6, 6.07) is 0.308. The molecule has 0 saturated heterocycles. The van der Waals surface area contributed by atoms with Gasteiger partial charge in [0, 0.05) is 0 Å². The zero-order valence-corrected chi connectivity index (χ0v) is 5.79. The van der Waals surface area contributed by atoms with Crippen molar-refractivity contribution in [2.45, 2.75) is 26.3 Å². The fourth-order valence-electron chi connectivity index (χ4n) is 1.13. The van der Waals surface area contributed by atoms with Crippen molar-refractivity contribution in [3.05, 3.63) is 0 Å². The lowest BCUT2D eigenvalue weighted by Gasteiger charge is -1.96. The van der Waals surface area contributed by atoms with E-state index in [-0.39, 0.29) is 0 Å². The Labute approximate surface area is 55.0 Å². The number of rotatable bonds is 2. The van der Waals surface area contributed by atoms with Gasteiger partial charge in [0.15, 0.2) is 0 Å². The molecule has 50 valence electrons. The van der Waals surface area contributed by atoms with E-state index in [2.05, 4.69) is 18.8 Å². The van der Waals surface area contributed by atoms with Crippen LogP contribution in [0.5, 0.6) is 0 Å². The van der Waals surface area contributed by atoms with Gasteiger partial charge in [-0.3, -0.25) is 0 Å². The highest BCUT2D eigenvalue weighted by Gasteiger charge is 2.39. The van der Waals surface area contributed by atoms with Gasteiger partial charge in [0.25, 0.3) is 0 Å². The molecule has 0 aromatic carbocycles. The van der Waals surface area contributed by atoms with Gasteiger partial charge in [-0.25, -0.2) is 9.79 Å². The lowest BCUT2D eigenvalue weighted by Crippen LogP contribution is -1.93. The van der Waals surface area contributed by atoms with Crippen LogP contribution in [0.25, 0.3) is 0 Å². The second-order valence-electron chi connectivity index (χ2n) is 2.93. The van der Waals surface area contributed by atoms with Crippen LogP contribution < -0.4 is 0 Å². The molecule has 2 heteroatoms. The summed E-state index contributed by atoms with van der Waals surface area (Å²) >= 11 is 0. The first-order chi connectivity index (χ1) is 4.25. The molecule has 2 atom stereocenters. The molecule has 2 unspecified atom stereocenters. The monoisotopic (exact) mass is 125 g/mol. The first kappa shape index (κ1) is 6.50. The predicted molar refractivity (Wildman–Crippen MR) is 34.9 cm³/mol. The van der Waals surface area contributed by atoms with E-state index in [9.17, 15) is 4.79 Å². The average Bonchev–Trinajstić information content (AvgIpc) is 2.47. The van der Waals surface area contributed by atoms with Gasteiger partial charge in [0.05, 0.1) is 6.04 Å². The molecule has 0 amide bonds. The number of isocyanates is 1. The second kappa shape index (κ2) is 2.32. The second-order valence-corrected chi connectivity index (χ2v) is 2.93. The van der Waals surface area contributed by atoms with Crippen LogP contribution in [0.3, 0.4) is 0 Å². The van der Waals surface area contributed by atoms with Crippen molar-refractivity contribution in [3.63, 3.8) is 0 Å². The van der Waals surface area contributed by atoms with Crippen LogP contribution in [0.1, 0.15) is 20.3 Å². The largest absolute Gasteiger partial charge is 0.235 e. The summed E-state index contributed by atoms with van der Waals surface area (Å²) in [5, 5.41) is 0. The predicted octanol–water partition coefficient (Wildman–Crippen LogP) is 1.37. The van der Waals surface area contributed by atoms with Crippen molar-refractivity contribution in [1.29, 1.82) is 0 Å². The molecule has 0 N–H and O–H groups in total. The van der Waals surface area contributed by atoms with Gasteiger partial charge in [-0.05, 0) is 18.3 Å². The van der Waals surface area contributed by atoms with Gasteiger partial charge in [-0.2, -0.15) is 0 Å². The summed E-state index contributed by atoms with van der Waals surface area (Å²) in [4.78, 5) is 13.4. The van der Waals surface area contributed by atoms with Crippen LogP contribution in [0.15, 0.2) is 4.99 Å². The SMILES string of the molecule is CC(C)C1CC1N=C=O. The van der Waals surface area contributed by atoms with Crippen molar-refractivity contribution in [2.24, 2.45) is 16.8 Å². The summed E-state index contributed by atoms with van der Waals surface area (Å²) in [5.41, 5.74) is 0. The topological polar surface area (TPSA) is 29.4 Å². The Bertz CT molecular complexity index is 147. The molecule has 0 aliphatic heterocycles. The summed E-state index contributed by atoms with van der Waals surface area (Å²) in [6.07, 6.45) is 2.68. The van der Waals surface area contributed by atoms with Crippen molar-refractivity contribution in [2.75, 3.05) is 0 Å². The summed E-state index contributed by atoms with van der Waals surface area (Å²) in [6.45, 7) is 4.32. The Kier molecular flexibility index (Phi) is 1.68. The van der Waals surface area contributed by atoms with Gasteiger partial charge in [0.1, 0.15) is 0 Å². The minimum Gasteiger partial charge on any atom is -0.211 e. The molecular formula is C7H11NO. The van der Waals surface area contributed by atoms with Gasteiger partial charge in [0.2, 0.25) is 6.08 Å². The van der Waals surface area contributed by atoms with E-state index in [1.54, 1.807) is 6.08 Å². The summed E-state index contributed by atoms with van der Waals surface area (Å²) in [7, 11) is 0. The minimum atomic E-state index is 0.308. The van der Waals surface area contributed by atoms with E-state index in [1.165, 1.54) is 0 Å². The highest BCUT2D eigenvalue weighted by Crippen LogP contribution is 2.39. The highest BCUT2D eigenvalue weighted by molar-refractivity contribution is 5.34. The van der Waals surface area contributed by atoms with Gasteiger partial charge >= 0.3 is 0 Å². The maximum atomic E-state index is 9.73. The smallest absolute Gasteiger partial charge is 0.211 e. The Morgan fingerprint density at radius 3 is 2.67 bits per heavy atom. The normalized spacial score (nSPS) is 31.9. The number of hydrogen-bond acceptors (Lipinski definition) is 2. The number of aliphatic imine (C=N–C) groups is 1. The molecule has 1 saturated carbocycles. The van der Waals surface area contributed by atoms with E-state index in [4.69, 9.17) is 0 Å². The zero-order valence-electron chi connectivity index (χ0n) is 5.79. The molecule has 0 aromatic heterocycles. The molecule has 0 heterocycles. The molecule has 0 aromatic rings. The zero-order chi connectivity index (χ0) is 6.85. The van der Waals surface area contributed by atoms with Crippen LogP contribution in [-0.2, 0) is 4.79 Å². The quantitative estimate of drug-likeness (QED) is 0.405. The van der Waals surface area contributed by atoms with Crippen LogP contribution in [0, 0.1) is 11.8 Å². The van der Waals surface area contributed by atoms with Gasteiger partial charge in [-0.15, -0.1) is 0 Å². The van der Waals surface area contributed by atoms with Gasteiger partial charge in [-0.1, -0.05) is 13.8 Å². The standard InChI is InChI=1S/C7H11NO/c1-5(2)6-3-7(6)8-4-9/h5-7H,3H2,1-2H3. The van der Waals surface area contributed by atoms with E-state index in [0.717, 1.165) is 6.42 Å². The lowest BCUT2D eigenvalue weighted by atomic mass is 10.1. The van der Waals surface area contributed by atoms with Crippen molar-refractivity contribution >= 4 is 6.08 Å². The average molecular weight is 125 g/mol. The molecule has 2 nitrogen and oxygen atoms in total. The maximum Gasteiger partial charge on any atom is 0.235 e. The van der Waals surface area contributed by atoms with E-state index in [0.29, 0.717) is 17.9 Å². The Morgan fingerprint density at radius 1 is 1.67 bits per heavy atom. The molecule has 9 heavy (non-hydrogen) atoms. The first-order valence-electron chi connectivity index (χ1n) is 3.32. The highest BCUT2D eigenvalue weighted by atomic mass is 16.1. The van der Waals surface area contributed by atoms with E-state index < -0.39 is 0 Å². The molecule has 0 spiro atoms. The first-order valence-corrected chi connectivity index (χ1v) is 3.32. The maximum absolute atomic E-state index is 9.73. The summed E-state index contributed by atoms with van der Waals surface area (Å²) < 4.78 is 0. The van der Waals surface area contributed by atoms with Crippen LogP contribution in [0.4, 0.5) is 0 Å². The van der Waals surface area contributed by atoms with E-state index >= 15 is 0 Å². The van der Waals surface area contributed by atoms with Crippen LogP contribution in [0.2, 0.25) is 0 Å². The lowest BCUT2D eigenvalue weighted by molar-refractivity contribution is 0.539. The van der Waals surface area contributed by atoms with Crippen LogP contribution in [-0.4, -0.2) is 12.1 Å². The molecule has 1 fully saturated rings. The Morgan fingerprint density at radius 2 is 2.33 bits per heavy atom. The van der Waals surface area contributed by atoms with Gasteiger partial charge < -0.3 is 0 Å². The Balaban J connectivity index is 2.32. The summed E-state index contributed by atoms with van der Waals surface area (Å²) in [5.74, 6) is 1.33. The van der Waals surface area contributed by atoms with Crippen molar-refractivity contribution in [1.82, 2.24) is 0 Å². The Hall–Kier alpha value is -0.620. The fourth-order valence-corrected chi connectivity index (χ4v) is 1.13. The molecule has 0 bridgehead atoms. The van der Waals surface area contributed by atoms with E-state index in [1.807, 2.05) is 0 Å². The van der Waals surface area contributed by atoms with Crippen LogP contribution >= 0.6 is 0 Å². The molecule has 0 radical (unpaired) electrons. The number of hydrogen-bond donors (Lipinski definition) is 0. The molecule has 1 aliphatic carbocycles. The number of carbonyl (C=O) groups excluding carboxylic acids is 1. The van der Waals surface area contributed by atoms with Crippen molar-refractivity contribution < 1.29 is 4.79 Å². The minimum absolute atomic E-state index is 0.308. The molecule has 1 aliphatic rings.